The maximum atomic E-state index is 10.1. The van der Waals surface area contributed by atoms with Crippen LogP contribution >= 0.6 is 0 Å². The molecule has 1 fully saturated rings. The molecule has 2 nitrogen and oxygen atoms in total. The molecular weight excluding hydrogens is 246 g/mol. The highest BCUT2D eigenvalue weighted by molar-refractivity contribution is 5.87. The van der Waals surface area contributed by atoms with E-state index in [1.165, 1.54) is 31.1 Å². The summed E-state index contributed by atoms with van der Waals surface area (Å²) in [6.45, 7) is 3.02. The first-order valence-corrected chi connectivity index (χ1v) is 7.68. The van der Waals surface area contributed by atoms with Crippen molar-refractivity contribution in [1.82, 2.24) is 5.32 Å². The maximum Gasteiger partial charge on any atom is 0.120 e. The summed E-state index contributed by atoms with van der Waals surface area (Å²) in [5.41, 5.74) is 1.02. The van der Waals surface area contributed by atoms with Gasteiger partial charge in [-0.2, -0.15) is 0 Å². The van der Waals surface area contributed by atoms with E-state index < -0.39 is 0 Å². The zero-order chi connectivity index (χ0) is 13.9. The highest BCUT2D eigenvalue weighted by Crippen LogP contribution is 2.29. The number of rotatable bonds is 4. The first kappa shape index (κ1) is 13.4. The summed E-state index contributed by atoms with van der Waals surface area (Å²) >= 11 is 0. The van der Waals surface area contributed by atoms with Gasteiger partial charge in [-0.3, -0.25) is 0 Å². The van der Waals surface area contributed by atoms with E-state index in [1.54, 1.807) is 6.07 Å². The maximum absolute atomic E-state index is 10.1. The van der Waals surface area contributed by atoms with E-state index in [9.17, 15) is 5.11 Å². The first-order chi connectivity index (χ1) is 9.75. The van der Waals surface area contributed by atoms with Gasteiger partial charge < -0.3 is 10.4 Å². The average Bonchev–Trinajstić information content (AvgIpc) is 3.00. The van der Waals surface area contributed by atoms with Crippen LogP contribution in [0.5, 0.6) is 5.75 Å². The second kappa shape index (κ2) is 5.84. The number of fused-ring (bicyclic) bond motifs is 1. The van der Waals surface area contributed by atoms with E-state index in [-0.39, 0.29) is 0 Å². The van der Waals surface area contributed by atoms with Crippen molar-refractivity contribution in [1.29, 1.82) is 0 Å². The Labute approximate surface area is 120 Å². The van der Waals surface area contributed by atoms with Crippen LogP contribution in [-0.2, 0) is 6.54 Å². The average molecular weight is 269 g/mol. The van der Waals surface area contributed by atoms with Gasteiger partial charge in [0.25, 0.3) is 0 Å². The minimum absolute atomic E-state index is 0.398. The molecule has 3 rings (SSSR count). The topological polar surface area (TPSA) is 32.3 Å². The van der Waals surface area contributed by atoms with Gasteiger partial charge in [0.15, 0.2) is 0 Å². The highest BCUT2D eigenvalue weighted by Gasteiger charge is 2.21. The van der Waals surface area contributed by atoms with Gasteiger partial charge in [-0.25, -0.2) is 0 Å². The van der Waals surface area contributed by atoms with Crippen LogP contribution < -0.4 is 5.32 Å². The monoisotopic (exact) mass is 269 g/mol. The van der Waals surface area contributed by atoms with Gasteiger partial charge in [-0.15, -0.1) is 0 Å². The van der Waals surface area contributed by atoms with Crippen LogP contribution in [0.15, 0.2) is 36.4 Å². The molecule has 0 heterocycles. The summed E-state index contributed by atoms with van der Waals surface area (Å²) < 4.78 is 0. The second-order valence-corrected chi connectivity index (χ2v) is 6.00. The Morgan fingerprint density at radius 3 is 2.70 bits per heavy atom. The molecule has 0 aliphatic heterocycles. The van der Waals surface area contributed by atoms with E-state index >= 15 is 0 Å². The highest BCUT2D eigenvalue weighted by atomic mass is 16.3. The van der Waals surface area contributed by atoms with Crippen molar-refractivity contribution in [2.75, 3.05) is 0 Å². The third kappa shape index (κ3) is 2.66. The van der Waals surface area contributed by atoms with Gasteiger partial charge in [-0.05, 0) is 42.5 Å². The molecule has 20 heavy (non-hydrogen) atoms. The summed E-state index contributed by atoms with van der Waals surface area (Å²) in [6.07, 6.45) is 5.43. The lowest BCUT2D eigenvalue weighted by Gasteiger charge is -2.21. The van der Waals surface area contributed by atoms with Crippen molar-refractivity contribution >= 4 is 10.8 Å². The first-order valence-electron chi connectivity index (χ1n) is 7.68. The zero-order valence-electron chi connectivity index (χ0n) is 12.1. The third-order valence-electron chi connectivity index (χ3n) is 4.72. The summed E-state index contributed by atoms with van der Waals surface area (Å²) in [6, 6.07) is 12.6. The number of hydrogen-bond donors (Lipinski definition) is 2. The van der Waals surface area contributed by atoms with E-state index in [1.807, 2.05) is 18.2 Å². The molecule has 2 aromatic rings. The van der Waals surface area contributed by atoms with Gasteiger partial charge in [0.05, 0.1) is 0 Å². The van der Waals surface area contributed by atoms with Crippen molar-refractivity contribution in [2.24, 2.45) is 5.92 Å². The predicted molar refractivity (Wildman–Crippen MR) is 83.9 cm³/mol. The predicted octanol–water partition coefficient (Wildman–Crippen LogP) is 4.21. The van der Waals surface area contributed by atoms with Gasteiger partial charge >= 0.3 is 0 Å². The van der Waals surface area contributed by atoms with E-state index in [0.29, 0.717) is 11.8 Å². The van der Waals surface area contributed by atoms with Crippen molar-refractivity contribution in [3.05, 3.63) is 42.0 Å². The molecule has 106 valence electrons. The molecular formula is C18H23NO. The van der Waals surface area contributed by atoms with Crippen molar-refractivity contribution < 1.29 is 5.11 Å². The zero-order valence-corrected chi connectivity index (χ0v) is 12.1. The quantitative estimate of drug-likeness (QED) is 0.871. The summed E-state index contributed by atoms with van der Waals surface area (Å²) in [4.78, 5) is 0. The number of aromatic hydroxyl groups is 1. The van der Waals surface area contributed by atoms with Crippen LogP contribution in [0.1, 0.15) is 38.2 Å². The molecule has 0 amide bonds. The molecule has 1 unspecified atom stereocenters. The van der Waals surface area contributed by atoms with Crippen molar-refractivity contribution in [2.45, 2.75) is 45.2 Å². The van der Waals surface area contributed by atoms with Crippen LogP contribution in [-0.4, -0.2) is 11.1 Å². The SMILES string of the molecule is CC(NCc1c(O)ccc2ccccc12)C1CCCC1. The molecule has 2 N–H and O–H groups in total. The fourth-order valence-corrected chi connectivity index (χ4v) is 3.40. The molecule has 0 saturated heterocycles. The lowest BCUT2D eigenvalue weighted by molar-refractivity contribution is 0.377. The third-order valence-corrected chi connectivity index (χ3v) is 4.72. The molecule has 2 aromatic carbocycles. The molecule has 1 aliphatic rings. The Morgan fingerprint density at radius 2 is 1.90 bits per heavy atom. The lowest BCUT2D eigenvalue weighted by atomic mass is 9.98. The summed E-state index contributed by atoms with van der Waals surface area (Å²) in [7, 11) is 0. The second-order valence-electron chi connectivity index (χ2n) is 6.00. The van der Waals surface area contributed by atoms with Crippen molar-refractivity contribution in [3.8, 4) is 5.75 Å². The fourth-order valence-electron chi connectivity index (χ4n) is 3.40. The Hall–Kier alpha value is -1.54. The Balaban J connectivity index is 1.78. The molecule has 0 spiro atoms. The molecule has 1 saturated carbocycles. The van der Waals surface area contributed by atoms with E-state index in [0.717, 1.165) is 23.4 Å². The minimum atomic E-state index is 0.398. The number of benzene rings is 2. The minimum Gasteiger partial charge on any atom is -0.508 e. The summed E-state index contributed by atoms with van der Waals surface area (Å²) in [5.74, 6) is 1.20. The molecule has 0 aromatic heterocycles. The largest absolute Gasteiger partial charge is 0.508 e. The normalized spacial score (nSPS) is 17.6. The van der Waals surface area contributed by atoms with Crippen LogP contribution in [0, 0.1) is 5.92 Å². The van der Waals surface area contributed by atoms with E-state index in [4.69, 9.17) is 0 Å². The fraction of sp³-hybridized carbons (Fsp3) is 0.444. The lowest BCUT2D eigenvalue weighted by Crippen LogP contribution is -2.31. The van der Waals surface area contributed by atoms with Crippen LogP contribution in [0.3, 0.4) is 0 Å². The van der Waals surface area contributed by atoms with Gasteiger partial charge in [0.1, 0.15) is 5.75 Å². The van der Waals surface area contributed by atoms with Gasteiger partial charge in [0, 0.05) is 18.2 Å². The number of nitrogens with one attached hydrogen (secondary N) is 1. The van der Waals surface area contributed by atoms with Crippen LogP contribution in [0.25, 0.3) is 10.8 Å². The van der Waals surface area contributed by atoms with Crippen LogP contribution in [0.4, 0.5) is 0 Å². The number of phenolic OH excluding ortho intramolecular Hbond substituents is 1. The van der Waals surface area contributed by atoms with Crippen molar-refractivity contribution in [3.63, 3.8) is 0 Å². The van der Waals surface area contributed by atoms with E-state index in [2.05, 4.69) is 24.4 Å². The Kier molecular flexibility index (Phi) is 3.93. The molecule has 1 aliphatic carbocycles. The standard InChI is InChI=1S/C18H23NO/c1-13(14-6-2-3-7-14)19-12-17-16-9-5-4-8-15(16)10-11-18(17)20/h4-5,8-11,13-14,19-20H,2-3,6-7,12H2,1H3. The Morgan fingerprint density at radius 1 is 1.15 bits per heavy atom. The van der Waals surface area contributed by atoms with Gasteiger partial charge in [-0.1, -0.05) is 43.2 Å². The molecule has 0 bridgehead atoms. The molecule has 0 radical (unpaired) electrons. The number of hydrogen-bond acceptors (Lipinski definition) is 2. The summed E-state index contributed by atoms with van der Waals surface area (Å²) in [5, 5.41) is 16.1. The molecule has 1 atom stereocenters. The smallest absolute Gasteiger partial charge is 0.120 e. The van der Waals surface area contributed by atoms with Gasteiger partial charge in [0.2, 0.25) is 0 Å². The number of phenols is 1. The Bertz CT molecular complexity index is 587. The van der Waals surface area contributed by atoms with Crippen LogP contribution in [0.2, 0.25) is 0 Å². The molecule has 2 heteroatoms.